The van der Waals surface area contributed by atoms with Gasteiger partial charge in [-0.05, 0) is 5.57 Å². The first-order valence-electron chi connectivity index (χ1n) is 5.45. The molecule has 0 aromatic carbocycles. The molecule has 0 unspecified atom stereocenters. The molecule has 0 radical (unpaired) electrons. The first-order chi connectivity index (χ1) is 9.21. The maximum atomic E-state index is 12.8. The number of hydrogen-bond donors (Lipinski definition) is 1. The first kappa shape index (κ1) is 14.4. The molecule has 2 rings (SSSR count). The molecule has 20 heavy (non-hydrogen) atoms. The summed E-state index contributed by atoms with van der Waals surface area (Å²) in [6.07, 6.45) is -2.23. The van der Waals surface area contributed by atoms with Gasteiger partial charge in [-0.15, -0.1) is 0 Å². The highest BCUT2D eigenvalue weighted by Crippen LogP contribution is 2.37. The summed E-state index contributed by atoms with van der Waals surface area (Å²) in [5.41, 5.74) is -1.63. The molecule has 108 valence electrons. The number of rotatable bonds is 0. The predicted molar refractivity (Wildman–Crippen MR) is 60.6 cm³/mol. The summed E-state index contributed by atoms with van der Waals surface area (Å²) in [7, 11) is 0. The minimum Gasteiger partial charge on any atom is -0.273 e. The quantitative estimate of drug-likeness (QED) is 0.678. The Labute approximate surface area is 109 Å². The van der Waals surface area contributed by atoms with Crippen molar-refractivity contribution in [3.8, 4) is 0 Å². The maximum absolute atomic E-state index is 12.8. The van der Waals surface area contributed by atoms with Gasteiger partial charge in [-0.2, -0.15) is 31.4 Å². The lowest BCUT2D eigenvalue weighted by Gasteiger charge is -2.28. The number of nitrogens with one attached hydrogen (secondary N) is 1. The van der Waals surface area contributed by atoms with Gasteiger partial charge in [0.15, 0.2) is 5.71 Å². The van der Waals surface area contributed by atoms with E-state index in [9.17, 15) is 26.3 Å². The van der Waals surface area contributed by atoms with Gasteiger partial charge in [0.1, 0.15) is 5.70 Å². The lowest BCUT2D eigenvalue weighted by molar-refractivity contribution is -0.0992. The molecular weight excluding hydrogens is 286 g/mol. The second kappa shape index (κ2) is 4.84. The van der Waals surface area contributed by atoms with Crippen molar-refractivity contribution in [1.29, 1.82) is 0 Å². The van der Waals surface area contributed by atoms with Gasteiger partial charge in [0.2, 0.25) is 0 Å². The third kappa shape index (κ3) is 2.78. The fourth-order valence-corrected chi connectivity index (χ4v) is 1.86. The van der Waals surface area contributed by atoms with Gasteiger partial charge < -0.3 is 0 Å². The highest BCUT2D eigenvalue weighted by Gasteiger charge is 2.47. The normalized spacial score (nSPS) is 27.7. The molecule has 2 aliphatic rings. The van der Waals surface area contributed by atoms with Crippen molar-refractivity contribution < 1.29 is 26.3 Å². The minimum absolute atomic E-state index is 0.513. The molecule has 0 saturated carbocycles. The van der Waals surface area contributed by atoms with Crippen LogP contribution in [0.2, 0.25) is 0 Å². The number of nitrogens with zero attached hydrogens (tertiary/aromatic N) is 1. The van der Waals surface area contributed by atoms with Gasteiger partial charge in [-0.25, -0.2) is 0 Å². The highest BCUT2D eigenvalue weighted by molar-refractivity contribution is 5.96. The zero-order valence-corrected chi connectivity index (χ0v) is 9.76. The zero-order chi connectivity index (χ0) is 15.0. The Morgan fingerprint density at radius 1 is 0.900 bits per heavy atom. The fraction of sp³-hybridized carbons (Fsp3) is 0.250. The number of alkyl halides is 6. The van der Waals surface area contributed by atoms with E-state index < -0.39 is 35.3 Å². The number of fused-ring (bicyclic) bond motifs is 1. The summed E-state index contributed by atoms with van der Waals surface area (Å²) in [6, 6.07) is 0. The van der Waals surface area contributed by atoms with Crippen LogP contribution in [0, 0.1) is 5.92 Å². The Hall–Kier alpha value is -1.99. The van der Waals surface area contributed by atoms with Crippen LogP contribution in [0.1, 0.15) is 0 Å². The Kier molecular flexibility index (Phi) is 3.49. The summed E-state index contributed by atoms with van der Waals surface area (Å²) < 4.78 is 76.9. The number of hydrogen-bond acceptors (Lipinski definition) is 2. The van der Waals surface area contributed by atoms with E-state index >= 15 is 0 Å². The topological polar surface area (TPSA) is 24.4 Å². The summed E-state index contributed by atoms with van der Waals surface area (Å²) in [6.45, 7) is 0. The third-order valence-corrected chi connectivity index (χ3v) is 2.69. The SMILES string of the molecule is FC(F)(F)C1=NNC(C(F)(F)F)=C2\C=C/C=C\C=C/[C@H]12. The molecule has 1 N–H and O–H groups in total. The monoisotopic (exact) mass is 294 g/mol. The summed E-state index contributed by atoms with van der Waals surface area (Å²) >= 11 is 0. The Balaban J connectivity index is 2.58. The summed E-state index contributed by atoms with van der Waals surface area (Å²) in [5.74, 6) is -1.59. The van der Waals surface area contributed by atoms with Gasteiger partial charge in [0.05, 0.1) is 5.92 Å². The van der Waals surface area contributed by atoms with Crippen molar-refractivity contribution in [1.82, 2.24) is 5.43 Å². The minimum atomic E-state index is -4.82. The van der Waals surface area contributed by atoms with Gasteiger partial charge in [0, 0.05) is 0 Å². The number of allylic oxidation sites excluding steroid dienone is 8. The van der Waals surface area contributed by atoms with Crippen LogP contribution in [0.25, 0.3) is 0 Å². The standard InChI is InChI=1S/C12H8F6N2/c13-11(14,15)9-7-5-3-1-2-4-6-8(7)10(20-19-9)12(16,17)18/h1-7,20H/b2-1-,5-3-,6-4-/t7-/m0/s1. The van der Waals surface area contributed by atoms with Crippen molar-refractivity contribution in [2.24, 2.45) is 11.0 Å². The summed E-state index contributed by atoms with van der Waals surface area (Å²) in [4.78, 5) is 0. The van der Waals surface area contributed by atoms with Crippen molar-refractivity contribution in [2.75, 3.05) is 0 Å². The zero-order valence-electron chi connectivity index (χ0n) is 9.76. The second-order valence-electron chi connectivity index (χ2n) is 4.04. The Morgan fingerprint density at radius 2 is 1.55 bits per heavy atom. The molecule has 1 heterocycles. The first-order valence-corrected chi connectivity index (χ1v) is 5.45. The fourth-order valence-electron chi connectivity index (χ4n) is 1.86. The third-order valence-electron chi connectivity index (χ3n) is 2.69. The smallest absolute Gasteiger partial charge is 0.273 e. The van der Waals surface area contributed by atoms with Crippen LogP contribution < -0.4 is 5.43 Å². The molecule has 1 aliphatic heterocycles. The van der Waals surface area contributed by atoms with Crippen molar-refractivity contribution in [3.63, 3.8) is 0 Å². The van der Waals surface area contributed by atoms with E-state index in [0.717, 1.165) is 12.2 Å². The molecule has 0 aromatic heterocycles. The molecule has 0 fully saturated rings. The number of halogens is 6. The maximum Gasteiger partial charge on any atom is 0.433 e. The average molecular weight is 294 g/mol. The van der Waals surface area contributed by atoms with E-state index in [1.165, 1.54) is 29.7 Å². The van der Waals surface area contributed by atoms with Crippen LogP contribution in [0.5, 0.6) is 0 Å². The molecule has 8 heteroatoms. The Morgan fingerprint density at radius 3 is 2.15 bits per heavy atom. The van der Waals surface area contributed by atoms with E-state index in [-0.39, 0.29) is 0 Å². The predicted octanol–water partition coefficient (Wildman–Crippen LogP) is 3.62. The summed E-state index contributed by atoms with van der Waals surface area (Å²) in [5, 5.41) is 2.86. The van der Waals surface area contributed by atoms with Crippen molar-refractivity contribution in [2.45, 2.75) is 12.4 Å². The molecule has 0 amide bonds. The van der Waals surface area contributed by atoms with Crippen molar-refractivity contribution >= 4 is 5.71 Å². The van der Waals surface area contributed by atoms with E-state index in [2.05, 4.69) is 5.10 Å². The van der Waals surface area contributed by atoms with Gasteiger partial charge in [-0.1, -0.05) is 36.5 Å². The van der Waals surface area contributed by atoms with Crippen LogP contribution in [0.3, 0.4) is 0 Å². The van der Waals surface area contributed by atoms with Crippen LogP contribution in [0.4, 0.5) is 26.3 Å². The molecule has 0 bridgehead atoms. The van der Waals surface area contributed by atoms with Crippen molar-refractivity contribution in [3.05, 3.63) is 47.7 Å². The van der Waals surface area contributed by atoms with E-state index in [1.54, 1.807) is 0 Å². The van der Waals surface area contributed by atoms with Crippen LogP contribution in [0.15, 0.2) is 52.8 Å². The second-order valence-corrected chi connectivity index (χ2v) is 4.04. The van der Waals surface area contributed by atoms with E-state index in [1.807, 2.05) is 0 Å². The van der Waals surface area contributed by atoms with E-state index in [0.29, 0.717) is 0 Å². The average Bonchev–Trinajstić information content (AvgIpc) is 2.25. The van der Waals surface area contributed by atoms with Gasteiger partial charge in [-0.3, -0.25) is 5.43 Å². The highest BCUT2D eigenvalue weighted by atomic mass is 19.4. The van der Waals surface area contributed by atoms with Crippen LogP contribution in [-0.4, -0.2) is 18.1 Å². The lowest BCUT2D eigenvalue weighted by atomic mass is 9.88. The molecule has 1 aliphatic carbocycles. The molecule has 1 atom stereocenters. The Bertz CT molecular complexity index is 545. The molecular formula is C12H8F6N2. The van der Waals surface area contributed by atoms with Crippen LogP contribution >= 0.6 is 0 Å². The largest absolute Gasteiger partial charge is 0.433 e. The van der Waals surface area contributed by atoms with Crippen LogP contribution in [-0.2, 0) is 0 Å². The van der Waals surface area contributed by atoms with Gasteiger partial charge >= 0.3 is 12.4 Å². The van der Waals surface area contributed by atoms with E-state index in [4.69, 9.17) is 0 Å². The lowest BCUT2D eigenvalue weighted by Crippen LogP contribution is -2.40. The molecule has 0 aromatic rings. The van der Waals surface area contributed by atoms with Gasteiger partial charge in [0.25, 0.3) is 0 Å². The molecule has 2 nitrogen and oxygen atoms in total. The molecule has 0 spiro atoms. The number of hydrazone groups is 1. The molecule has 0 saturated heterocycles.